The molecule has 0 aliphatic heterocycles. The first-order valence-electron chi connectivity index (χ1n) is 6.61. The van der Waals surface area contributed by atoms with Crippen molar-refractivity contribution in [3.05, 3.63) is 41.0 Å². The van der Waals surface area contributed by atoms with Gasteiger partial charge in [-0.2, -0.15) is 0 Å². The molecule has 0 fully saturated rings. The van der Waals surface area contributed by atoms with Crippen molar-refractivity contribution in [2.75, 3.05) is 7.11 Å². The number of ether oxygens (including phenoxy) is 1. The highest BCUT2D eigenvalue weighted by atomic mass is 16.5. The van der Waals surface area contributed by atoms with E-state index in [-0.39, 0.29) is 5.78 Å². The van der Waals surface area contributed by atoms with E-state index in [0.29, 0.717) is 0 Å². The SMILES string of the molecule is COc1ccc(C(=O)C2=CCCCCC2)cc1C. The van der Waals surface area contributed by atoms with Gasteiger partial charge in [-0.1, -0.05) is 12.5 Å². The van der Waals surface area contributed by atoms with Crippen LogP contribution in [0.15, 0.2) is 29.8 Å². The van der Waals surface area contributed by atoms with Crippen LogP contribution >= 0.6 is 0 Å². The highest BCUT2D eigenvalue weighted by Crippen LogP contribution is 2.24. The van der Waals surface area contributed by atoms with E-state index in [2.05, 4.69) is 6.08 Å². The zero-order valence-corrected chi connectivity index (χ0v) is 11.2. The van der Waals surface area contributed by atoms with Crippen LogP contribution in [-0.2, 0) is 0 Å². The smallest absolute Gasteiger partial charge is 0.188 e. The second-order valence-corrected chi connectivity index (χ2v) is 4.84. The van der Waals surface area contributed by atoms with Gasteiger partial charge in [-0.15, -0.1) is 0 Å². The fraction of sp³-hybridized carbons (Fsp3) is 0.438. The Kier molecular flexibility index (Phi) is 4.19. The molecule has 1 aromatic rings. The summed E-state index contributed by atoms with van der Waals surface area (Å²) in [6.07, 6.45) is 7.65. The molecule has 0 N–H and O–H groups in total. The maximum atomic E-state index is 12.4. The van der Waals surface area contributed by atoms with Gasteiger partial charge in [-0.05, 0) is 61.9 Å². The number of rotatable bonds is 3. The fourth-order valence-electron chi connectivity index (χ4n) is 2.43. The zero-order chi connectivity index (χ0) is 13.0. The van der Waals surface area contributed by atoms with E-state index in [4.69, 9.17) is 4.74 Å². The molecule has 0 radical (unpaired) electrons. The van der Waals surface area contributed by atoms with Crippen molar-refractivity contribution >= 4 is 5.78 Å². The third-order valence-corrected chi connectivity index (χ3v) is 3.49. The number of ketones is 1. The summed E-state index contributed by atoms with van der Waals surface area (Å²) in [6, 6.07) is 5.66. The molecule has 0 unspecified atom stereocenters. The molecule has 96 valence electrons. The van der Waals surface area contributed by atoms with E-state index in [1.165, 1.54) is 12.8 Å². The number of aryl methyl sites for hydroxylation is 1. The van der Waals surface area contributed by atoms with Gasteiger partial charge in [-0.25, -0.2) is 0 Å². The van der Waals surface area contributed by atoms with Gasteiger partial charge >= 0.3 is 0 Å². The average molecular weight is 244 g/mol. The minimum Gasteiger partial charge on any atom is -0.496 e. The standard InChI is InChI=1S/C16H20O2/c1-12-11-14(9-10-15(12)18-2)16(17)13-7-5-3-4-6-8-13/h7,9-11H,3-6,8H2,1-2H3. The molecule has 0 bridgehead atoms. The number of hydrogen-bond acceptors (Lipinski definition) is 2. The Balaban J connectivity index is 2.22. The number of Topliss-reactive ketones (excluding diaryl/α,β-unsaturated/α-hetero) is 1. The topological polar surface area (TPSA) is 26.3 Å². The van der Waals surface area contributed by atoms with Gasteiger partial charge in [0.1, 0.15) is 5.75 Å². The summed E-state index contributed by atoms with van der Waals surface area (Å²) in [6.45, 7) is 1.97. The highest BCUT2D eigenvalue weighted by Gasteiger charge is 2.14. The number of carbonyl (C=O) groups excluding carboxylic acids is 1. The normalized spacial score (nSPS) is 15.8. The van der Waals surface area contributed by atoms with Crippen molar-refractivity contribution in [2.24, 2.45) is 0 Å². The average Bonchev–Trinajstić information content (AvgIpc) is 2.66. The summed E-state index contributed by atoms with van der Waals surface area (Å²) in [4.78, 5) is 12.4. The van der Waals surface area contributed by atoms with Crippen LogP contribution in [0.25, 0.3) is 0 Å². The van der Waals surface area contributed by atoms with E-state index < -0.39 is 0 Å². The minimum absolute atomic E-state index is 0.183. The third kappa shape index (κ3) is 2.81. The van der Waals surface area contributed by atoms with Gasteiger partial charge in [0.15, 0.2) is 5.78 Å². The lowest BCUT2D eigenvalue weighted by atomic mass is 9.98. The molecule has 0 atom stereocenters. The highest BCUT2D eigenvalue weighted by molar-refractivity contribution is 6.08. The summed E-state index contributed by atoms with van der Waals surface area (Å²) in [5.74, 6) is 1.02. The molecule has 2 heteroatoms. The Morgan fingerprint density at radius 2 is 2.06 bits per heavy atom. The molecular formula is C16H20O2. The first kappa shape index (κ1) is 12.9. The second kappa shape index (κ2) is 5.85. The van der Waals surface area contributed by atoms with Crippen molar-refractivity contribution < 1.29 is 9.53 Å². The maximum Gasteiger partial charge on any atom is 0.188 e. The molecule has 1 aliphatic carbocycles. The molecule has 0 amide bonds. The van der Waals surface area contributed by atoms with Gasteiger partial charge in [0.2, 0.25) is 0 Å². The molecule has 1 aromatic carbocycles. The van der Waals surface area contributed by atoms with Gasteiger partial charge in [0.25, 0.3) is 0 Å². The number of hydrogen-bond donors (Lipinski definition) is 0. The Morgan fingerprint density at radius 3 is 2.78 bits per heavy atom. The van der Waals surface area contributed by atoms with Gasteiger partial charge in [0, 0.05) is 5.56 Å². The largest absolute Gasteiger partial charge is 0.496 e. The molecule has 0 heterocycles. The minimum atomic E-state index is 0.183. The van der Waals surface area contributed by atoms with Crippen molar-refractivity contribution in [3.63, 3.8) is 0 Å². The van der Waals surface area contributed by atoms with Gasteiger partial charge < -0.3 is 4.74 Å². The molecule has 1 aliphatic rings. The van der Waals surface area contributed by atoms with Crippen LogP contribution in [0.2, 0.25) is 0 Å². The first-order valence-corrected chi connectivity index (χ1v) is 6.61. The maximum absolute atomic E-state index is 12.4. The monoisotopic (exact) mass is 244 g/mol. The van der Waals surface area contributed by atoms with Crippen molar-refractivity contribution in [1.82, 2.24) is 0 Å². The van der Waals surface area contributed by atoms with E-state index in [9.17, 15) is 4.79 Å². The van der Waals surface area contributed by atoms with E-state index in [1.54, 1.807) is 7.11 Å². The summed E-state index contributed by atoms with van der Waals surface area (Å²) in [7, 11) is 1.65. The molecule has 0 saturated carbocycles. The summed E-state index contributed by atoms with van der Waals surface area (Å²) < 4.78 is 5.22. The van der Waals surface area contributed by atoms with Crippen LogP contribution in [-0.4, -0.2) is 12.9 Å². The molecule has 2 nitrogen and oxygen atoms in total. The Hall–Kier alpha value is -1.57. The zero-order valence-electron chi connectivity index (χ0n) is 11.2. The molecular weight excluding hydrogens is 224 g/mol. The van der Waals surface area contributed by atoms with Crippen LogP contribution in [0.5, 0.6) is 5.75 Å². The predicted octanol–water partition coefficient (Wildman–Crippen LogP) is 4.08. The number of carbonyl (C=O) groups is 1. The lowest BCUT2D eigenvalue weighted by Gasteiger charge is -2.08. The molecule has 0 saturated heterocycles. The van der Waals surface area contributed by atoms with Crippen LogP contribution in [0.1, 0.15) is 48.0 Å². The first-order chi connectivity index (χ1) is 8.72. The van der Waals surface area contributed by atoms with Crippen molar-refractivity contribution in [2.45, 2.75) is 39.0 Å². The van der Waals surface area contributed by atoms with Gasteiger partial charge in [-0.3, -0.25) is 4.79 Å². The predicted molar refractivity (Wildman–Crippen MR) is 73.2 cm³/mol. The molecule has 2 rings (SSSR count). The number of allylic oxidation sites excluding steroid dienone is 2. The second-order valence-electron chi connectivity index (χ2n) is 4.84. The summed E-state index contributed by atoms with van der Waals surface area (Å²) >= 11 is 0. The Labute approximate surface area is 109 Å². The Morgan fingerprint density at radius 1 is 1.22 bits per heavy atom. The van der Waals surface area contributed by atoms with Crippen LogP contribution in [0.4, 0.5) is 0 Å². The lowest BCUT2D eigenvalue weighted by molar-refractivity contribution is 0.103. The molecule has 0 spiro atoms. The third-order valence-electron chi connectivity index (χ3n) is 3.49. The van der Waals surface area contributed by atoms with E-state index in [1.807, 2.05) is 25.1 Å². The molecule has 18 heavy (non-hydrogen) atoms. The van der Waals surface area contributed by atoms with Crippen LogP contribution < -0.4 is 4.74 Å². The summed E-state index contributed by atoms with van der Waals surface area (Å²) in [5.41, 5.74) is 2.77. The van der Waals surface area contributed by atoms with Crippen LogP contribution in [0.3, 0.4) is 0 Å². The summed E-state index contributed by atoms with van der Waals surface area (Å²) in [5, 5.41) is 0. The molecule has 0 aromatic heterocycles. The number of benzene rings is 1. The fourth-order valence-corrected chi connectivity index (χ4v) is 2.43. The van der Waals surface area contributed by atoms with Crippen molar-refractivity contribution in [1.29, 1.82) is 0 Å². The lowest BCUT2D eigenvalue weighted by Crippen LogP contribution is -2.04. The number of methoxy groups -OCH3 is 1. The van der Waals surface area contributed by atoms with Crippen molar-refractivity contribution in [3.8, 4) is 5.75 Å². The van der Waals surface area contributed by atoms with Crippen LogP contribution in [0, 0.1) is 6.92 Å². The van der Waals surface area contributed by atoms with Gasteiger partial charge in [0.05, 0.1) is 7.11 Å². The Bertz CT molecular complexity index is 472. The van der Waals surface area contributed by atoms with E-state index in [0.717, 1.165) is 41.7 Å². The quantitative estimate of drug-likeness (QED) is 0.749. The van der Waals surface area contributed by atoms with E-state index >= 15 is 0 Å².